The minimum absolute atomic E-state index is 0.485. The fourth-order valence-corrected chi connectivity index (χ4v) is 3.47. The molecule has 0 aliphatic heterocycles. The maximum absolute atomic E-state index is 6.05. The molecule has 0 saturated heterocycles. The second kappa shape index (κ2) is 5.15. The van der Waals surface area contributed by atoms with Crippen molar-refractivity contribution in [3.05, 3.63) is 43.6 Å². The van der Waals surface area contributed by atoms with Crippen LogP contribution in [0.15, 0.2) is 35.7 Å². The fraction of sp³-hybridized carbons (Fsp3) is 0. The molecule has 2 aromatic heterocycles. The molecule has 3 aromatic rings. The van der Waals surface area contributed by atoms with Crippen LogP contribution < -0.4 is 5.73 Å². The van der Waals surface area contributed by atoms with E-state index < -0.39 is 0 Å². The summed E-state index contributed by atoms with van der Waals surface area (Å²) in [6.07, 6.45) is 0. The molecule has 19 heavy (non-hydrogen) atoms. The van der Waals surface area contributed by atoms with E-state index in [1.165, 1.54) is 2.88 Å². The molecule has 0 spiro atoms. The van der Waals surface area contributed by atoms with Crippen molar-refractivity contribution in [3.63, 3.8) is 0 Å². The molecule has 0 aliphatic rings. The number of rotatable bonds is 2. The quantitative estimate of drug-likeness (QED) is 0.614. The Balaban J connectivity index is 2.19. The third kappa shape index (κ3) is 2.50. The average molecular weight is 402 g/mol. The van der Waals surface area contributed by atoms with Gasteiger partial charge in [-0.3, -0.25) is 5.10 Å². The van der Waals surface area contributed by atoms with Crippen molar-refractivity contribution < 1.29 is 0 Å². The number of hydrogen-bond donors (Lipinski definition) is 2. The van der Waals surface area contributed by atoms with E-state index in [2.05, 4.69) is 44.2 Å². The van der Waals surface area contributed by atoms with Crippen molar-refractivity contribution in [1.29, 1.82) is 0 Å². The molecular formula is C13H9ClIN3S. The summed E-state index contributed by atoms with van der Waals surface area (Å²) in [5.74, 6) is 0.485. The van der Waals surface area contributed by atoms with Gasteiger partial charge >= 0.3 is 0 Å². The first-order chi connectivity index (χ1) is 9.15. The molecule has 3 rings (SSSR count). The van der Waals surface area contributed by atoms with Crippen molar-refractivity contribution in [2.45, 2.75) is 0 Å². The van der Waals surface area contributed by atoms with Gasteiger partial charge < -0.3 is 5.73 Å². The van der Waals surface area contributed by atoms with Crippen molar-refractivity contribution in [2.75, 3.05) is 5.73 Å². The van der Waals surface area contributed by atoms with Crippen LogP contribution in [0.2, 0.25) is 5.02 Å². The summed E-state index contributed by atoms with van der Waals surface area (Å²) >= 11 is 10.0. The van der Waals surface area contributed by atoms with Gasteiger partial charge in [-0.15, -0.1) is 11.3 Å². The van der Waals surface area contributed by atoms with Crippen LogP contribution in [0.3, 0.4) is 0 Å². The van der Waals surface area contributed by atoms with Gasteiger partial charge in [-0.05, 0) is 46.4 Å². The van der Waals surface area contributed by atoms with Crippen molar-refractivity contribution in [2.24, 2.45) is 0 Å². The Hall–Kier alpha value is -1.05. The van der Waals surface area contributed by atoms with Crippen molar-refractivity contribution >= 4 is 51.3 Å². The predicted octanol–water partition coefficient (Wildman–Crippen LogP) is 4.65. The van der Waals surface area contributed by atoms with Gasteiger partial charge in [-0.25, -0.2) is 0 Å². The number of anilines is 1. The first kappa shape index (κ1) is 13.0. The summed E-state index contributed by atoms with van der Waals surface area (Å²) in [6, 6.07) is 9.73. The summed E-state index contributed by atoms with van der Waals surface area (Å²) in [5, 5.41) is 9.90. The largest absolute Gasteiger partial charge is 0.382 e. The standard InChI is InChI=1S/C13H9ClIN3S/c14-9-3-1-2-7(4-9)11-12(17-18-13(11)16)8-5-10(15)19-6-8/h1-6H,(H3,16,17,18). The zero-order valence-corrected chi connectivity index (χ0v) is 13.4. The molecule has 0 fully saturated rings. The molecule has 2 heterocycles. The van der Waals surface area contributed by atoms with E-state index in [-0.39, 0.29) is 0 Å². The lowest BCUT2D eigenvalue weighted by atomic mass is 10.0. The number of aromatic nitrogens is 2. The third-order valence-electron chi connectivity index (χ3n) is 2.76. The van der Waals surface area contributed by atoms with E-state index in [1.54, 1.807) is 11.3 Å². The van der Waals surface area contributed by atoms with Crippen LogP contribution in [-0.2, 0) is 0 Å². The molecular weight excluding hydrogens is 393 g/mol. The summed E-state index contributed by atoms with van der Waals surface area (Å²) < 4.78 is 1.22. The second-order valence-electron chi connectivity index (χ2n) is 4.01. The Morgan fingerprint density at radius 2 is 2.11 bits per heavy atom. The van der Waals surface area contributed by atoms with Gasteiger partial charge in [0.1, 0.15) is 0 Å². The number of aromatic amines is 1. The second-order valence-corrected chi connectivity index (χ2v) is 7.25. The van der Waals surface area contributed by atoms with E-state index in [1.807, 2.05) is 24.3 Å². The number of nitrogen functional groups attached to an aromatic ring is 1. The highest BCUT2D eigenvalue weighted by Gasteiger charge is 2.15. The van der Waals surface area contributed by atoms with Crippen molar-refractivity contribution in [1.82, 2.24) is 10.2 Å². The van der Waals surface area contributed by atoms with Gasteiger partial charge in [0.2, 0.25) is 0 Å². The summed E-state index contributed by atoms with van der Waals surface area (Å²) in [4.78, 5) is 0. The summed E-state index contributed by atoms with van der Waals surface area (Å²) in [6.45, 7) is 0. The number of nitrogens with one attached hydrogen (secondary N) is 1. The molecule has 0 aliphatic carbocycles. The lowest BCUT2D eigenvalue weighted by Gasteiger charge is -2.03. The maximum atomic E-state index is 6.05. The molecule has 3 nitrogen and oxygen atoms in total. The SMILES string of the molecule is Nc1n[nH]c(-c2csc(I)c2)c1-c1cccc(Cl)c1. The maximum Gasteiger partial charge on any atom is 0.153 e. The van der Waals surface area contributed by atoms with Gasteiger partial charge in [-0.1, -0.05) is 23.7 Å². The minimum Gasteiger partial charge on any atom is -0.382 e. The average Bonchev–Trinajstić information content (AvgIpc) is 2.95. The number of thiophene rings is 1. The monoisotopic (exact) mass is 401 g/mol. The lowest BCUT2D eigenvalue weighted by Crippen LogP contribution is -1.88. The fourth-order valence-electron chi connectivity index (χ4n) is 1.94. The predicted molar refractivity (Wildman–Crippen MR) is 89.5 cm³/mol. The first-order valence-electron chi connectivity index (χ1n) is 5.49. The van der Waals surface area contributed by atoms with Crippen LogP contribution in [0, 0.1) is 2.88 Å². The van der Waals surface area contributed by atoms with Gasteiger partial charge in [0.15, 0.2) is 5.82 Å². The molecule has 0 amide bonds. The molecule has 6 heteroatoms. The van der Waals surface area contributed by atoms with E-state index in [0.29, 0.717) is 10.8 Å². The zero-order valence-electron chi connectivity index (χ0n) is 9.65. The Labute approximate surface area is 132 Å². The van der Waals surface area contributed by atoms with Crippen LogP contribution in [0.25, 0.3) is 22.4 Å². The summed E-state index contributed by atoms with van der Waals surface area (Å²) in [5.41, 5.74) is 9.87. The number of halogens is 2. The first-order valence-corrected chi connectivity index (χ1v) is 7.83. The lowest BCUT2D eigenvalue weighted by molar-refractivity contribution is 1.10. The number of benzene rings is 1. The van der Waals surface area contributed by atoms with E-state index >= 15 is 0 Å². The smallest absolute Gasteiger partial charge is 0.153 e. The molecule has 0 saturated carbocycles. The zero-order chi connectivity index (χ0) is 13.4. The number of nitrogens with zero attached hydrogens (tertiary/aromatic N) is 1. The third-order valence-corrected chi connectivity index (χ3v) is 4.79. The van der Waals surface area contributed by atoms with Gasteiger partial charge in [0.25, 0.3) is 0 Å². The molecule has 96 valence electrons. The van der Waals surface area contributed by atoms with Crippen LogP contribution in [0.1, 0.15) is 0 Å². The van der Waals surface area contributed by atoms with E-state index in [9.17, 15) is 0 Å². The van der Waals surface area contributed by atoms with E-state index in [4.69, 9.17) is 17.3 Å². The van der Waals surface area contributed by atoms with Crippen LogP contribution in [-0.4, -0.2) is 10.2 Å². The molecule has 0 atom stereocenters. The van der Waals surface area contributed by atoms with Crippen LogP contribution >= 0.6 is 45.5 Å². The number of nitrogens with two attached hydrogens (primary N) is 1. The Bertz CT molecular complexity index is 735. The Kier molecular flexibility index (Phi) is 3.51. The highest BCUT2D eigenvalue weighted by atomic mass is 127. The molecule has 0 unspecified atom stereocenters. The molecule has 1 aromatic carbocycles. The number of hydrogen-bond acceptors (Lipinski definition) is 3. The molecule has 0 radical (unpaired) electrons. The van der Waals surface area contributed by atoms with Gasteiger partial charge in [-0.2, -0.15) is 5.10 Å². The number of H-pyrrole nitrogens is 1. The van der Waals surface area contributed by atoms with Gasteiger partial charge in [0.05, 0.1) is 14.1 Å². The Morgan fingerprint density at radius 1 is 1.26 bits per heavy atom. The van der Waals surface area contributed by atoms with Crippen molar-refractivity contribution in [3.8, 4) is 22.4 Å². The minimum atomic E-state index is 0.485. The molecule has 0 bridgehead atoms. The summed E-state index contributed by atoms with van der Waals surface area (Å²) in [7, 11) is 0. The highest BCUT2D eigenvalue weighted by Crippen LogP contribution is 2.37. The van der Waals surface area contributed by atoms with Gasteiger partial charge in [0, 0.05) is 16.0 Å². The normalized spacial score (nSPS) is 10.8. The topological polar surface area (TPSA) is 54.7 Å². The Morgan fingerprint density at radius 3 is 2.79 bits per heavy atom. The highest BCUT2D eigenvalue weighted by molar-refractivity contribution is 14.1. The molecule has 3 N–H and O–H groups in total. The van der Waals surface area contributed by atoms with Crippen LogP contribution in [0.4, 0.5) is 5.82 Å². The van der Waals surface area contributed by atoms with Crippen LogP contribution in [0.5, 0.6) is 0 Å². The van der Waals surface area contributed by atoms with E-state index in [0.717, 1.165) is 22.4 Å².